The van der Waals surface area contributed by atoms with Gasteiger partial charge in [0.2, 0.25) is 5.91 Å². The first-order valence-corrected chi connectivity index (χ1v) is 10.7. The fourth-order valence-corrected chi connectivity index (χ4v) is 4.29. The monoisotopic (exact) mass is 411 g/mol. The molecule has 5 heteroatoms. The number of rotatable bonds is 5. The lowest BCUT2D eigenvalue weighted by molar-refractivity contribution is -0.119. The molecule has 0 saturated heterocycles. The minimum atomic E-state index is 0.0763. The Balaban J connectivity index is 1.45. The Morgan fingerprint density at radius 1 is 1.00 bits per heavy atom. The molecule has 4 aromatic rings. The van der Waals surface area contributed by atoms with E-state index in [9.17, 15) is 4.79 Å². The molecular weight excluding hydrogens is 386 g/mol. The molecular formula is C26H25N3O2. The predicted octanol–water partition coefficient (Wildman–Crippen LogP) is 4.90. The molecule has 156 valence electrons. The van der Waals surface area contributed by atoms with Gasteiger partial charge in [-0.1, -0.05) is 48.5 Å². The number of anilines is 1. The Labute approximate surface area is 181 Å². The van der Waals surface area contributed by atoms with Crippen molar-refractivity contribution in [2.75, 3.05) is 11.4 Å². The van der Waals surface area contributed by atoms with Gasteiger partial charge < -0.3 is 14.2 Å². The normalized spacial score (nSPS) is 13.3. The van der Waals surface area contributed by atoms with Crippen LogP contribution in [0.25, 0.3) is 11.0 Å². The summed E-state index contributed by atoms with van der Waals surface area (Å²) in [7, 11) is 0. The summed E-state index contributed by atoms with van der Waals surface area (Å²) in [4.78, 5) is 20.1. The number of carbonyl (C=O) groups is 1. The molecule has 1 amide bonds. The Bertz CT molecular complexity index is 1240. The van der Waals surface area contributed by atoms with E-state index in [0.29, 0.717) is 6.61 Å². The number of ether oxygens (including phenoxy) is 1. The summed E-state index contributed by atoms with van der Waals surface area (Å²) < 4.78 is 8.06. The molecule has 0 fully saturated rings. The van der Waals surface area contributed by atoms with Crippen molar-refractivity contribution in [1.82, 2.24) is 9.55 Å². The van der Waals surface area contributed by atoms with Crippen LogP contribution in [0.1, 0.15) is 23.4 Å². The number of imidazole rings is 1. The van der Waals surface area contributed by atoms with E-state index >= 15 is 0 Å². The standard InChI is InChI=1S/C26H25N3O2/c1-19-9-2-7-15-24(19)31-18-25-27-21-12-4-6-14-23(21)29(25)17-26(30)28-16-8-11-20-10-3-5-13-22(20)28/h2-7,9-10,12-15H,8,11,16-18H2,1H3. The number of amides is 1. The Morgan fingerprint density at radius 3 is 2.68 bits per heavy atom. The van der Waals surface area contributed by atoms with Crippen LogP contribution in [0.5, 0.6) is 5.75 Å². The van der Waals surface area contributed by atoms with Gasteiger partial charge in [-0.25, -0.2) is 4.98 Å². The van der Waals surface area contributed by atoms with Gasteiger partial charge >= 0.3 is 0 Å². The van der Waals surface area contributed by atoms with E-state index in [-0.39, 0.29) is 12.5 Å². The van der Waals surface area contributed by atoms with Crippen molar-refractivity contribution in [3.63, 3.8) is 0 Å². The van der Waals surface area contributed by atoms with Crippen molar-refractivity contribution in [2.45, 2.75) is 32.9 Å². The summed E-state index contributed by atoms with van der Waals surface area (Å²) in [6.45, 7) is 3.32. The number of hydrogen-bond donors (Lipinski definition) is 0. The first-order valence-electron chi connectivity index (χ1n) is 10.7. The van der Waals surface area contributed by atoms with Gasteiger partial charge in [-0.3, -0.25) is 4.79 Å². The number of hydrogen-bond acceptors (Lipinski definition) is 3. The second-order valence-electron chi connectivity index (χ2n) is 7.93. The highest BCUT2D eigenvalue weighted by atomic mass is 16.5. The largest absolute Gasteiger partial charge is 0.485 e. The third-order valence-corrected chi connectivity index (χ3v) is 5.89. The number of aryl methyl sites for hydroxylation is 2. The Kier molecular flexibility index (Phi) is 5.16. The van der Waals surface area contributed by atoms with Crippen molar-refractivity contribution in [1.29, 1.82) is 0 Å². The fourth-order valence-electron chi connectivity index (χ4n) is 4.29. The molecule has 1 aromatic heterocycles. The minimum absolute atomic E-state index is 0.0763. The second kappa shape index (κ2) is 8.26. The SMILES string of the molecule is Cc1ccccc1OCc1nc2ccccc2n1CC(=O)N1CCCc2ccccc21. The molecule has 0 atom stereocenters. The van der Waals surface area contributed by atoms with Gasteiger partial charge in [0.15, 0.2) is 0 Å². The van der Waals surface area contributed by atoms with Gasteiger partial charge in [0.1, 0.15) is 24.7 Å². The van der Waals surface area contributed by atoms with Crippen LogP contribution in [0.2, 0.25) is 0 Å². The van der Waals surface area contributed by atoms with Crippen LogP contribution in [0.3, 0.4) is 0 Å². The fraction of sp³-hybridized carbons (Fsp3) is 0.231. The van der Waals surface area contributed by atoms with E-state index in [1.54, 1.807) is 0 Å². The van der Waals surface area contributed by atoms with Crippen molar-refractivity contribution in [3.8, 4) is 5.75 Å². The molecule has 0 spiro atoms. The molecule has 0 radical (unpaired) electrons. The number of nitrogens with zero attached hydrogens (tertiary/aromatic N) is 3. The lowest BCUT2D eigenvalue weighted by atomic mass is 10.0. The zero-order chi connectivity index (χ0) is 21.2. The Morgan fingerprint density at radius 2 is 1.77 bits per heavy atom. The summed E-state index contributed by atoms with van der Waals surface area (Å²) in [6, 6.07) is 24.1. The number of para-hydroxylation sites is 4. The summed E-state index contributed by atoms with van der Waals surface area (Å²) in [6.07, 6.45) is 2.00. The molecule has 0 aliphatic carbocycles. The van der Waals surface area contributed by atoms with Crippen molar-refractivity contribution >= 4 is 22.6 Å². The van der Waals surface area contributed by atoms with E-state index in [2.05, 4.69) is 6.07 Å². The minimum Gasteiger partial charge on any atom is -0.485 e. The number of aromatic nitrogens is 2. The third kappa shape index (κ3) is 3.79. The first kappa shape index (κ1) is 19.4. The third-order valence-electron chi connectivity index (χ3n) is 5.89. The highest BCUT2D eigenvalue weighted by Crippen LogP contribution is 2.28. The van der Waals surface area contributed by atoms with Crippen LogP contribution in [0, 0.1) is 6.92 Å². The first-order chi connectivity index (χ1) is 15.2. The molecule has 0 N–H and O–H groups in total. The maximum atomic E-state index is 13.4. The molecule has 0 saturated carbocycles. The smallest absolute Gasteiger partial charge is 0.246 e. The van der Waals surface area contributed by atoms with Crippen LogP contribution >= 0.6 is 0 Å². The van der Waals surface area contributed by atoms with E-state index in [1.165, 1.54) is 5.56 Å². The summed E-state index contributed by atoms with van der Waals surface area (Å²) >= 11 is 0. The van der Waals surface area contributed by atoms with Crippen LogP contribution in [0.15, 0.2) is 72.8 Å². The molecule has 3 aromatic carbocycles. The number of carbonyl (C=O) groups excluding carboxylic acids is 1. The van der Waals surface area contributed by atoms with Crippen LogP contribution in [-0.2, 0) is 24.4 Å². The summed E-state index contributed by atoms with van der Waals surface area (Å²) in [5.74, 6) is 1.66. The maximum Gasteiger partial charge on any atom is 0.246 e. The second-order valence-corrected chi connectivity index (χ2v) is 7.93. The molecule has 2 heterocycles. The lowest BCUT2D eigenvalue weighted by Crippen LogP contribution is -2.38. The van der Waals surface area contributed by atoms with Crippen molar-refractivity contribution in [3.05, 3.63) is 89.7 Å². The zero-order valence-electron chi connectivity index (χ0n) is 17.6. The summed E-state index contributed by atoms with van der Waals surface area (Å²) in [5, 5.41) is 0. The van der Waals surface area contributed by atoms with Crippen LogP contribution in [-0.4, -0.2) is 22.0 Å². The quantitative estimate of drug-likeness (QED) is 0.469. The maximum absolute atomic E-state index is 13.4. The van der Waals surface area contributed by atoms with E-state index < -0.39 is 0 Å². The average Bonchev–Trinajstić information content (AvgIpc) is 3.15. The molecule has 0 unspecified atom stereocenters. The van der Waals surface area contributed by atoms with Gasteiger partial charge in [-0.15, -0.1) is 0 Å². The topological polar surface area (TPSA) is 47.4 Å². The molecule has 1 aliphatic rings. The molecule has 5 nitrogen and oxygen atoms in total. The van der Waals surface area contributed by atoms with Crippen molar-refractivity contribution < 1.29 is 9.53 Å². The highest BCUT2D eigenvalue weighted by molar-refractivity contribution is 5.95. The molecule has 1 aliphatic heterocycles. The predicted molar refractivity (Wildman–Crippen MR) is 122 cm³/mol. The number of benzene rings is 3. The van der Waals surface area contributed by atoms with Gasteiger partial charge in [0.25, 0.3) is 0 Å². The number of fused-ring (bicyclic) bond motifs is 2. The summed E-state index contributed by atoms with van der Waals surface area (Å²) in [5.41, 5.74) is 5.16. The molecule has 5 rings (SSSR count). The van der Waals surface area contributed by atoms with Gasteiger partial charge in [0, 0.05) is 12.2 Å². The van der Waals surface area contributed by atoms with Crippen molar-refractivity contribution in [2.24, 2.45) is 0 Å². The van der Waals surface area contributed by atoms with Crippen LogP contribution < -0.4 is 9.64 Å². The van der Waals surface area contributed by atoms with Gasteiger partial charge in [-0.2, -0.15) is 0 Å². The van der Waals surface area contributed by atoms with Gasteiger partial charge in [-0.05, 0) is 55.2 Å². The lowest BCUT2D eigenvalue weighted by Gasteiger charge is -2.29. The Hall–Kier alpha value is -3.60. The zero-order valence-corrected chi connectivity index (χ0v) is 17.6. The molecule has 31 heavy (non-hydrogen) atoms. The van der Waals surface area contributed by atoms with Crippen LogP contribution in [0.4, 0.5) is 5.69 Å². The highest BCUT2D eigenvalue weighted by Gasteiger charge is 2.24. The van der Waals surface area contributed by atoms with E-state index in [1.807, 2.05) is 83.1 Å². The van der Waals surface area contributed by atoms with E-state index in [0.717, 1.165) is 53.2 Å². The average molecular weight is 412 g/mol. The van der Waals surface area contributed by atoms with E-state index in [4.69, 9.17) is 9.72 Å². The van der Waals surface area contributed by atoms with Gasteiger partial charge in [0.05, 0.1) is 11.0 Å². The molecule has 0 bridgehead atoms.